The second kappa shape index (κ2) is 8.76. The van der Waals surface area contributed by atoms with Gasteiger partial charge in [0, 0.05) is 18.6 Å². The van der Waals surface area contributed by atoms with E-state index in [0.717, 1.165) is 31.4 Å². The van der Waals surface area contributed by atoms with Crippen molar-refractivity contribution < 1.29 is 14.6 Å². The van der Waals surface area contributed by atoms with E-state index in [1.54, 1.807) is 0 Å². The standard InChI is InChI=1S/C23H28N2O3/c26-15-21-22(24-14-17-8-3-1-4-9-17)19-12-7-13-20(19)25(21)23(27)28-16-18-10-5-2-6-11-18/h1-6,8-11,19-22,24,26H,7,12-16H2/t19-,20+,21-,22-/m0/s1. The van der Waals surface area contributed by atoms with Crippen LogP contribution in [0.3, 0.4) is 0 Å². The average Bonchev–Trinajstić information content (AvgIpc) is 3.32. The van der Waals surface area contributed by atoms with Gasteiger partial charge in [0.25, 0.3) is 0 Å². The molecule has 1 saturated carbocycles. The van der Waals surface area contributed by atoms with Crippen molar-refractivity contribution in [1.82, 2.24) is 10.2 Å². The molecular weight excluding hydrogens is 352 g/mol. The number of carbonyl (C=O) groups is 1. The molecule has 1 heterocycles. The number of aliphatic hydroxyl groups is 1. The van der Waals surface area contributed by atoms with E-state index in [4.69, 9.17) is 4.74 Å². The highest BCUT2D eigenvalue weighted by molar-refractivity contribution is 5.69. The van der Waals surface area contributed by atoms with E-state index >= 15 is 0 Å². The lowest BCUT2D eigenvalue weighted by atomic mass is 9.95. The maximum atomic E-state index is 12.9. The number of amides is 1. The number of carbonyl (C=O) groups excluding carboxylic acids is 1. The van der Waals surface area contributed by atoms with Crippen molar-refractivity contribution in [3.63, 3.8) is 0 Å². The number of nitrogens with zero attached hydrogens (tertiary/aromatic N) is 1. The van der Waals surface area contributed by atoms with Crippen LogP contribution in [0.1, 0.15) is 30.4 Å². The summed E-state index contributed by atoms with van der Waals surface area (Å²) < 4.78 is 5.61. The number of ether oxygens (including phenoxy) is 1. The number of nitrogens with one attached hydrogen (secondary N) is 1. The van der Waals surface area contributed by atoms with Crippen molar-refractivity contribution in [3.05, 3.63) is 71.8 Å². The first-order chi connectivity index (χ1) is 13.8. The van der Waals surface area contributed by atoms with Gasteiger partial charge in [-0.3, -0.25) is 4.90 Å². The Hall–Kier alpha value is -2.37. The third-order valence-corrected chi connectivity index (χ3v) is 6.11. The molecule has 0 unspecified atom stereocenters. The Kier molecular flexibility index (Phi) is 5.93. The van der Waals surface area contributed by atoms with Crippen LogP contribution in [0.5, 0.6) is 0 Å². The predicted molar refractivity (Wildman–Crippen MR) is 108 cm³/mol. The van der Waals surface area contributed by atoms with Gasteiger partial charge < -0.3 is 15.2 Å². The lowest BCUT2D eigenvalue weighted by molar-refractivity contribution is 0.0609. The van der Waals surface area contributed by atoms with Crippen LogP contribution in [0.4, 0.5) is 4.79 Å². The quantitative estimate of drug-likeness (QED) is 0.807. The fraction of sp³-hybridized carbons (Fsp3) is 0.435. The van der Waals surface area contributed by atoms with Crippen LogP contribution < -0.4 is 5.32 Å². The summed E-state index contributed by atoms with van der Waals surface area (Å²) in [5.41, 5.74) is 2.18. The van der Waals surface area contributed by atoms with Crippen LogP contribution in [-0.4, -0.2) is 40.8 Å². The summed E-state index contributed by atoms with van der Waals surface area (Å²) >= 11 is 0. The number of benzene rings is 2. The summed E-state index contributed by atoms with van der Waals surface area (Å²) in [7, 11) is 0. The number of likely N-dealkylation sites (tertiary alicyclic amines) is 1. The highest BCUT2D eigenvalue weighted by atomic mass is 16.6. The minimum absolute atomic E-state index is 0.0557. The zero-order chi connectivity index (χ0) is 19.3. The number of hydrogen-bond donors (Lipinski definition) is 2. The lowest BCUT2D eigenvalue weighted by Crippen LogP contribution is -2.49. The third kappa shape index (κ3) is 3.91. The smallest absolute Gasteiger partial charge is 0.410 e. The normalized spacial score (nSPS) is 26.2. The van der Waals surface area contributed by atoms with Crippen LogP contribution in [-0.2, 0) is 17.9 Å². The summed E-state index contributed by atoms with van der Waals surface area (Å²) in [4.78, 5) is 14.7. The summed E-state index contributed by atoms with van der Waals surface area (Å²) in [5.74, 6) is 0.366. The molecule has 1 aliphatic heterocycles. The largest absolute Gasteiger partial charge is 0.445 e. The van der Waals surface area contributed by atoms with E-state index in [2.05, 4.69) is 17.4 Å². The molecule has 4 atom stereocenters. The van der Waals surface area contributed by atoms with Crippen LogP contribution >= 0.6 is 0 Å². The number of hydrogen-bond acceptors (Lipinski definition) is 4. The van der Waals surface area contributed by atoms with Gasteiger partial charge in [-0.2, -0.15) is 0 Å². The topological polar surface area (TPSA) is 61.8 Å². The van der Waals surface area contributed by atoms with Gasteiger partial charge in [-0.15, -0.1) is 0 Å². The highest BCUT2D eigenvalue weighted by Gasteiger charge is 2.52. The molecule has 4 rings (SSSR count). The average molecular weight is 380 g/mol. The first kappa shape index (κ1) is 19.0. The maximum absolute atomic E-state index is 12.9. The monoisotopic (exact) mass is 380 g/mol. The van der Waals surface area contributed by atoms with Crippen molar-refractivity contribution in [3.8, 4) is 0 Å². The van der Waals surface area contributed by atoms with Crippen molar-refractivity contribution in [2.45, 2.75) is 50.5 Å². The van der Waals surface area contributed by atoms with Gasteiger partial charge >= 0.3 is 6.09 Å². The Morgan fingerprint density at radius 3 is 2.39 bits per heavy atom. The first-order valence-electron chi connectivity index (χ1n) is 10.1. The van der Waals surface area contributed by atoms with Gasteiger partial charge in [0.15, 0.2) is 0 Å². The molecule has 0 radical (unpaired) electrons. The first-order valence-corrected chi connectivity index (χ1v) is 10.1. The minimum atomic E-state index is -0.316. The van der Waals surface area contributed by atoms with E-state index in [0.29, 0.717) is 5.92 Å². The van der Waals surface area contributed by atoms with Crippen LogP contribution in [0, 0.1) is 5.92 Å². The highest BCUT2D eigenvalue weighted by Crippen LogP contribution is 2.42. The third-order valence-electron chi connectivity index (χ3n) is 6.11. The maximum Gasteiger partial charge on any atom is 0.410 e. The SMILES string of the molecule is O=C(OCc1ccccc1)N1[C@@H]2CCC[C@@H]2[C@H](NCc2ccccc2)[C@@H]1CO. The van der Waals surface area contributed by atoms with E-state index in [1.165, 1.54) is 5.56 Å². The molecule has 2 aromatic rings. The predicted octanol–water partition coefficient (Wildman–Crippen LogP) is 3.33. The van der Waals surface area contributed by atoms with Gasteiger partial charge in [0.05, 0.1) is 12.6 Å². The van der Waals surface area contributed by atoms with Gasteiger partial charge in [-0.05, 0) is 29.9 Å². The Morgan fingerprint density at radius 1 is 1.04 bits per heavy atom. The van der Waals surface area contributed by atoms with Crippen LogP contribution in [0.2, 0.25) is 0 Å². The molecule has 1 saturated heterocycles. The minimum Gasteiger partial charge on any atom is -0.445 e. The Morgan fingerprint density at radius 2 is 1.71 bits per heavy atom. The van der Waals surface area contributed by atoms with Gasteiger partial charge in [0.2, 0.25) is 0 Å². The van der Waals surface area contributed by atoms with Crippen LogP contribution in [0.15, 0.2) is 60.7 Å². The number of rotatable bonds is 6. The fourth-order valence-electron chi connectivity index (χ4n) is 4.82. The Labute approximate surface area is 166 Å². The second-order valence-corrected chi connectivity index (χ2v) is 7.75. The Bertz CT molecular complexity index is 768. The molecule has 0 bridgehead atoms. The van der Waals surface area contributed by atoms with Crippen LogP contribution in [0.25, 0.3) is 0 Å². The summed E-state index contributed by atoms with van der Waals surface area (Å²) in [6.07, 6.45) is 2.85. The van der Waals surface area contributed by atoms with Crippen molar-refractivity contribution in [2.24, 2.45) is 5.92 Å². The van der Waals surface area contributed by atoms with E-state index in [1.807, 2.05) is 53.4 Å². The zero-order valence-electron chi connectivity index (χ0n) is 16.0. The van der Waals surface area contributed by atoms with E-state index < -0.39 is 0 Å². The summed E-state index contributed by atoms with van der Waals surface area (Å²) in [6, 6.07) is 19.9. The summed E-state index contributed by atoms with van der Waals surface area (Å²) in [5, 5.41) is 13.7. The van der Waals surface area contributed by atoms with Gasteiger partial charge in [0.1, 0.15) is 6.61 Å². The molecule has 148 valence electrons. The molecule has 0 aromatic heterocycles. The molecule has 0 spiro atoms. The van der Waals surface area contributed by atoms with E-state index in [9.17, 15) is 9.90 Å². The molecule has 2 fully saturated rings. The molecule has 1 amide bonds. The molecule has 2 aromatic carbocycles. The molecule has 5 nitrogen and oxygen atoms in total. The molecule has 2 N–H and O–H groups in total. The second-order valence-electron chi connectivity index (χ2n) is 7.75. The molecule has 2 aliphatic rings. The van der Waals surface area contributed by atoms with Gasteiger partial charge in [-0.1, -0.05) is 67.1 Å². The molecular formula is C23H28N2O3. The number of fused-ring (bicyclic) bond motifs is 1. The Balaban J connectivity index is 1.44. The van der Waals surface area contributed by atoms with Crippen molar-refractivity contribution >= 4 is 6.09 Å². The van der Waals surface area contributed by atoms with Gasteiger partial charge in [-0.25, -0.2) is 4.79 Å². The fourth-order valence-corrected chi connectivity index (χ4v) is 4.82. The molecule has 1 aliphatic carbocycles. The number of aliphatic hydroxyl groups excluding tert-OH is 1. The van der Waals surface area contributed by atoms with Crippen molar-refractivity contribution in [1.29, 1.82) is 0 Å². The van der Waals surface area contributed by atoms with E-state index in [-0.39, 0.29) is 37.4 Å². The summed E-state index contributed by atoms with van der Waals surface area (Å²) in [6.45, 7) is 0.936. The lowest BCUT2D eigenvalue weighted by Gasteiger charge is -2.29. The molecule has 5 heteroatoms. The molecule has 28 heavy (non-hydrogen) atoms. The van der Waals surface area contributed by atoms with Crippen molar-refractivity contribution in [2.75, 3.05) is 6.61 Å². The zero-order valence-corrected chi connectivity index (χ0v) is 16.0.